The minimum Gasteiger partial charge on any atom is -0.495 e. The normalized spacial score (nSPS) is 14.0. The molecule has 8 nitrogen and oxygen atoms in total. The van der Waals surface area contributed by atoms with Gasteiger partial charge in [0.1, 0.15) is 11.8 Å². The molecular formula is C25H25N3O5S. The fourth-order valence-electron chi connectivity index (χ4n) is 3.79. The SMILES string of the molecule is COc1ccccc1NC(=O)C(Cc1ccccc1)NS(=O)(=O)c1ccc2c(c1)CCC(=O)N2. The molecule has 9 heteroatoms. The number of hydrogen-bond acceptors (Lipinski definition) is 5. The molecule has 0 spiro atoms. The molecule has 4 rings (SSSR count). The number of sulfonamides is 1. The van der Waals surface area contributed by atoms with Gasteiger partial charge in [0, 0.05) is 12.1 Å². The lowest BCUT2D eigenvalue weighted by Crippen LogP contribution is -2.45. The number of methoxy groups -OCH3 is 1. The summed E-state index contributed by atoms with van der Waals surface area (Å²) in [6, 6.07) is 19.5. The van der Waals surface area contributed by atoms with Crippen molar-refractivity contribution in [1.82, 2.24) is 4.72 Å². The summed E-state index contributed by atoms with van der Waals surface area (Å²) in [6.45, 7) is 0. The van der Waals surface area contributed by atoms with Crippen molar-refractivity contribution in [2.24, 2.45) is 0 Å². The minimum atomic E-state index is -4.03. The molecule has 0 saturated heterocycles. The molecule has 1 unspecified atom stereocenters. The molecule has 3 aromatic carbocycles. The van der Waals surface area contributed by atoms with Crippen LogP contribution in [0.2, 0.25) is 0 Å². The first kappa shape index (κ1) is 23.5. The van der Waals surface area contributed by atoms with E-state index in [1.807, 2.05) is 30.3 Å². The van der Waals surface area contributed by atoms with E-state index in [-0.39, 0.29) is 17.2 Å². The lowest BCUT2D eigenvalue weighted by molar-refractivity contribution is -0.118. The zero-order chi connectivity index (χ0) is 24.1. The molecule has 0 saturated carbocycles. The molecule has 1 aliphatic rings. The van der Waals surface area contributed by atoms with Gasteiger partial charge >= 0.3 is 0 Å². The molecule has 0 aliphatic carbocycles. The number of hydrogen-bond donors (Lipinski definition) is 3. The van der Waals surface area contributed by atoms with E-state index < -0.39 is 22.0 Å². The van der Waals surface area contributed by atoms with Gasteiger partial charge in [-0.05, 0) is 54.3 Å². The third kappa shape index (κ3) is 5.44. The van der Waals surface area contributed by atoms with Gasteiger partial charge in [0.15, 0.2) is 0 Å². The van der Waals surface area contributed by atoms with Crippen molar-refractivity contribution >= 4 is 33.2 Å². The molecule has 0 fully saturated rings. The Balaban J connectivity index is 1.61. The second kappa shape index (κ2) is 10.1. The predicted molar refractivity (Wildman–Crippen MR) is 129 cm³/mol. The Morgan fingerprint density at radius 2 is 1.76 bits per heavy atom. The van der Waals surface area contributed by atoms with Crippen LogP contribution in [-0.4, -0.2) is 33.4 Å². The number of carbonyl (C=O) groups excluding carboxylic acids is 2. The van der Waals surface area contributed by atoms with Crippen molar-refractivity contribution in [1.29, 1.82) is 0 Å². The first-order valence-electron chi connectivity index (χ1n) is 10.8. The van der Waals surface area contributed by atoms with Gasteiger partial charge < -0.3 is 15.4 Å². The Kier molecular flexibility index (Phi) is 6.95. The van der Waals surface area contributed by atoms with Crippen LogP contribution in [0.5, 0.6) is 5.75 Å². The van der Waals surface area contributed by atoms with Crippen molar-refractivity contribution in [3.63, 3.8) is 0 Å². The molecule has 176 valence electrons. The van der Waals surface area contributed by atoms with Crippen LogP contribution in [0.4, 0.5) is 11.4 Å². The largest absolute Gasteiger partial charge is 0.495 e. The topological polar surface area (TPSA) is 114 Å². The molecule has 3 N–H and O–H groups in total. The Morgan fingerprint density at radius 3 is 2.53 bits per heavy atom. The third-order valence-corrected chi connectivity index (χ3v) is 7.01. The zero-order valence-corrected chi connectivity index (χ0v) is 19.4. The summed E-state index contributed by atoms with van der Waals surface area (Å²) >= 11 is 0. The average Bonchev–Trinajstić information content (AvgIpc) is 2.84. The summed E-state index contributed by atoms with van der Waals surface area (Å²) < 4.78 is 34.4. The van der Waals surface area contributed by atoms with Crippen molar-refractivity contribution < 1.29 is 22.7 Å². The maximum Gasteiger partial charge on any atom is 0.243 e. The van der Waals surface area contributed by atoms with Crippen molar-refractivity contribution in [2.45, 2.75) is 30.2 Å². The first-order valence-corrected chi connectivity index (χ1v) is 12.3. The van der Waals surface area contributed by atoms with Gasteiger partial charge in [-0.2, -0.15) is 4.72 Å². The number of benzene rings is 3. The summed E-state index contributed by atoms with van der Waals surface area (Å²) in [5.74, 6) is -0.145. The van der Waals surface area contributed by atoms with E-state index in [1.165, 1.54) is 19.2 Å². The average molecular weight is 480 g/mol. The number of carbonyl (C=O) groups is 2. The van der Waals surface area contributed by atoms with Crippen molar-refractivity contribution in [3.8, 4) is 5.75 Å². The molecular weight excluding hydrogens is 454 g/mol. The standard InChI is InChI=1S/C25H25N3O5S/c1-33-23-10-6-5-9-21(23)27-25(30)22(15-17-7-3-2-4-8-17)28-34(31,32)19-12-13-20-18(16-19)11-14-24(29)26-20/h2-10,12-13,16,22,28H,11,14-15H2,1H3,(H,26,29)(H,27,30). The van der Waals surface area contributed by atoms with E-state index >= 15 is 0 Å². The third-order valence-electron chi connectivity index (χ3n) is 5.54. The predicted octanol–water partition coefficient (Wildman–Crippen LogP) is 3.11. The highest BCUT2D eigenvalue weighted by atomic mass is 32.2. The number of rotatable bonds is 8. The number of aryl methyl sites for hydroxylation is 1. The van der Waals surface area contributed by atoms with Gasteiger partial charge in [0.05, 0.1) is 17.7 Å². The maximum absolute atomic E-state index is 13.3. The van der Waals surface area contributed by atoms with Gasteiger partial charge in [-0.15, -0.1) is 0 Å². The lowest BCUT2D eigenvalue weighted by Gasteiger charge is -2.21. The van der Waals surface area contributed by atoms with Crippen molar-refractivity contribution in [2.75, 3.05) is 17.7 Å². The number of para-hydroxylation sites is 2. The molecule has 1 atom stereocenters. The highest BCUT2D eigenvalue weighted by Crippen LogP contribution is 2.26. The van der Waals surface area contributed by atoms with Crippen LogP contribution in [0, 0.1) is 0 Å². The van der Waals surface area contributed by atoms with Crippen LogP contribution in [0.15, 0.2) is 77.7 Å². The van der Waals surface area contributed by atoms with E-state index in [2.05, 4.69) is 15.4 Å². The van der Waals surface area contributed by atoms with Crippen LogP contribution in [0.3, 0.4) is 0 Å². The van der Waals surface area contributed by atoms with Gasteiger partial charge in [-0.3, -0.25) is 9.59 Å². The molecule has 2 amide bonds. The fourth-order valence-corrected chi connectivity index (χ4v) is 5.03. The molecule has 0 radical (unpaired) electrons. The summed E-state index contributed by atoms with van der Waals surface area (Å²) in [6.07, 6.45) is 0.899. The maximum atomic E-state index is 13.3. The highest BCUT2D eigenvalue weighted by Gasteiger charge is 2.28. The second-order valence-corrected chi connectivity index (χ2v) is 9.63. The van der Waals surface area contributed by atoms with Crippen LogP contribution in [-0.2, 0) is 32.5 Å². The molecule has 0 aromatic heterocycles. The number of ether oxygens (including phenoxy) is 1. The summed E-state index contributed by atoms with van der Waals surface area (Å²) in [7, 11) is -2.54. The van der Waals surface area contributed by atoms with Crippen LogP contribution in [0.1, 0.15) is 17.5 Å². The number of amides is 2. The lowest BCUT2D eigenvalue weighted by atomic mass is 10.0. The molecule has 1 aliphatic heterocycles. The summed E-state index contributed by atoms with van der Waals surface area (Å²) in [5, 5.41) is 5.51. The summed E-state index contributed by atoms with van der Waals surface area (Å²) in [4.78, 5) is 24.9. The van der Waals surface area contributed by atoms with Gasteiger partial charge in [0.25, 0.3) is 0 Å². The zero-order valence-electron chi connectivity index (χ0n) is 18.6. The Bertz CT molecular complexity index is 1310. The van der Waals surface area contributed by atoms with Crippen molar-refractivity contribution in [3.05, 3.63) is 83.9 Å². The fraction of sp³-hybridized carbons (Fsp3) is 0.200. The second-order valence-electron chi connectivity index (χ2n) is 7.92. The molecule has 1 heterocycles. The van der Waals surface area contributed by atoms with E-state index in [1.54, 1.807) is 30.3 Å². The van der Waals surface area contributed by atoms with Gasteiger partial charge in [0.2, 0.25) is 21.8 Å². The quantitative estimate of drug-likeness (QED) is 0.459. The van der Waals surface area contributed by atoms with Crippen LogP contribution in [0.25, 0.3) is 0 Å². The summed E-state index contributed by atoms with van der Waals surface area (Å²) in [5.41, 5.74) is 2.58. The molecule has 0 bridgehead atoms. The smallest absolute Gasteiger partial charge is 0.243 e. The monoisotopic (exact) mass is 479 g/mol. The number of anilines is 2. The Hall–Kier alpha value is -3.69. The molecule has 3 aromatic rings. The highest BCUT2D eigenvalue weighted by molar-refractivity contribution is 7.89. The van der Waals surface area contributed by atoms with Crippen LogP contribution >= 0.6 is 0 Å². The minimum absolute atomic E-state index is 0.0329. The van der Waals surface area contributed by atoms with Gasteiger partial charge in [-0.25, -0.2) is 8.42 Å². The number of fused-ring (bicyclic) bond motifs is 1. The first-order chi connectivity index (χ1) is 16.4. The molecule has 34 heavy (non-hydrogen) atoms. The number of nitrogens with one attached hydrogen (secondary N) is 3. The van der Waals surface area contributed by atoms with Crippen LogP contribution < -0.4 is 20.1 Å². The Labute approximate surface area is 198 Å². The van der Waals surface area contributed by atoms with E-state index in [9.17, 15) is 18.0 Å². The van der Waals surface area contributed by atoms with E-state index in [0.717, 1.165) is 11.1 Å². The van der Waals surface area contributed by atoms with E-state index in [0.29, 0.717) is 30.0 Å². The Morgan fingerprint density at radius 1 is 1.03 bits per heavy atom. The van der Waals surface area contributed by atoms with Gasteiger partial charge in [-0.1, -0.05) is 42.5 Å². The van der Waals surface area contributed by atoms with E-state index in [4.69, 9.17) is 4.74 Å².